The standard InChI is InChI=1S/C13H16ClFN2O/c1-8(4-9-5-13(16)17-7-9)18-12-3-2-10(14)6-11(12)15/h2-3,5-6,8-9,17H,4,7,16H2,1H3/t8-,9+/m1/s1. The number of hydrogen-bond donors (Lipinski definition) is 2. The molecular weight excluding hydrogens is 255 g/mol. The van der Waals surface area contributed by atoms with E-state index in [9.17, 15) is 4.39 Å². The molecule has 0 aromatic heterocycles. The Bertz CT molecular complexity index is 464. The van der Waals surface area contributed by atoms with E-state index in [4.69, 9.17) is 22.1 Å². The highest BCUT2D eigenvalue weighted by molar-refractivity contribution is 6.30. The van der Waals surface area contributed by atoms with Crippen molar-refractivity contribution in [3.63, 3.8) is 0 Å². The molecule has 0 saturated heterocycles. The van der Waals surface area contributed by atoms with E-state index in [1.165, 1.54) is 6.07 Å². The molecule has 18 heavy (non-hydrogen) atoms. The summed E-state index contributed by atoms with van der Waals surface area (Å²) in [6.45, 7) is 2.72. The highest BCUT2D eigenvalue weighted by Gasteiger charge is 2.18. The fourth-order valence-electron chi connectivity index (χ4n) is 2.03. The van der Waals surface area contributed by atoms with Crippen molar-refractivity contribution >= 4 is 11.6 Å². The summed E-state index contributed by atoms with van der Waals surface area (Å²) in [5.41, 5.74) is 5.63. The lowest BCUT2D eigenvalue weighted by atomic mass is 10.0. The topological polar surface area (TPSA) is 47.3 Å². The van der Waals surface area contributed by atoms with Crippen LogP contribution in [0, 0.1) is 11.7 Å². The maximum Gasteiger partial charge on any atom is 0.166 e. The largest absolute Gasteiger partial charge is 0.488 e. The smallest absolute Gasteiger partial charge is 0.166 e. The van der Waals surface area contributed by atoms with Gasteiger partial charge in [0.05, 0.1) is 11.9 Å². The monoisotopic (exact) mass is 270 g/mol. The number of halogens is 2. The zero-order chi connectivity index (χ0) is 13.1. The van der Waals surface area contributed by atoms with Crippen LogP contribution in [-0.2, 0) is 0 Å². The number of ether oxygens (including phenoxy) is 1. The van der Waals surface area contributed by atoms with Gasteiger partial charge in [-0.05, 0) is 37.6 Å². The Kier molecular flexibility index (Phi) is 3.97. The molecule has 0 amide bonds. The van der Waals surface area contributed by atoms with Crippen LogP contribution in [0.25, 0.3) is 0 Å². The quantitative estimate of drug-likeness (QED) is 0.884. The summed E-state index contributed by atoms with van der Waals surface area (Å²) in [6.07, 6.45) is 2.67. The van der Waals surface area contributed by atoms with Crippen molar-refractivity contribution in [1.82, 2.24) is 5.32 Å². The second-order valence-electron chi connectivity index (χ2n) is 4.50. The van der Waals surface area contributed by atoms with Gasteiger partial charge in [0.25, 0.3) is 0 Å². The molecule has 1 aliphatic heterocycles. The van der Waals surface area contributed by atoms with Crippen LogP contribution in [0.2, 0.25) is 5.02 Å². The maximum absolute atomic E-state index is 13.5. The van der Waals surface area contributed by atoms with Crippen LogP contribution in [0.3, 0.4) is 0 Å². The minimum atomic E-state index is -0.436. The molecule has 1 aliphatic rings. The van der Waals surface area contributed by atoms with E-state index in [2.05, 4.69) is 5.32 Å². The van der Waals surface area contributed by atoms with Crippen LogP contribution in [-0.4, -0.2) is 12.6 Å². The predicted molar refractivity (Wildman–Crippen MR) is 69.9 cm³/mol. The lowest BCUT2D eigenvalue weighted by molar-refractivity contribution is 0.188. The fraction of sp³-hybridized carbons (Fsp3) is 0.385. The van der Waals surface area contributed by atoms with Crippen molar-refractivity contribution in [2.75, 3.05) is 6.54 Å². The lowest BCUT2D eigenvalue weighted by Gasteiger charge is -2.17. The molecule has 1 aromatic carbocycles. The molecule has 0 radical (unpaired) electrons. The van der Waals surface area contributed by atoms with Crippen molar-refractivity contribution in [3.8, 4) is 5.75 Å². The van der Waals surface area contributed by atoms with E-state index in [-0.39, 0.29) is 11.9 Å². The normalized spacial score (nSPS) is 20.2. The van der Waals surface area contributed by atoms with Crippen LogP contribution >= 0.6 is 11.6 Å². The number of benzene rings is 1. The fourth-order valence-corrected chi connectivity index (χ4v) is 2.19. The molecule has 98 valence electrons. The van der Waals surface area contributed by atoms with Crippen molar-refractivity contribution in [2.45, 2.75) is 19.4 Å². The van der Waals surface area contributed by atoms with Crippen LogP contribution in [0.5, 0.6) is 5.75 Å². The van der Waals surface area contributed by atoms with Gasteiger partial charge in [0, 0.05) is 17.5 Å². The Morgan fingerprint density at radius 2 is 2.39 bits per heavy atom. The minimum absolute atomic E-state index is 0.0883. The van der Waals surface area contributed by atoms with Gasteiger partial charge in [-0.25, -0.2) is 4.39 Å². The molecule has 0 bridgehead atoms. The molecule has 0 saturated carbocycles. The van der Waals surface area contributed by atoms with Crippen molar-refractivity contribution in [1.29, 1.82) is 0 Å². The van der Waals surface area contributed by atoms with E-state index in [0.29, 0.717) is 16.8 Å². The van der Waals surface area contributed by atoms with Crippen molar-refractivity contribution in [2.24, 2.45) is 11.7 Å². The molecule has 3 nitrogen and oxygen atoms in total. The average molecular weight is 271 g/mol. The van der Waals surface area contributed by atoms with Crippen LogP contribution in [0.1, 0.15) is 13.3 Å². The van der Waals surface area contributed by atoms with E-state index in [1.54, 1.807) is 12.1 Å². The molecule has 1 aromatic rings. The van der Waals surface area contributed by atoms with Crippen LogP contribution < -0.4 is 15.8 Å². The summed E-state index contributed by atoms with van der Waals surface area (Å²) in [6, 6.07) is 4.41. The number of nitrogens with one attached hydrogen (secondary N) is 1. The summed E-state index contributed by atoms with van der Waals surface area (Å²) in [7, 11) is 0. The van der Waals surface area contributed by atoms with E-state index < -0.39 is 5.82 Å². The molecule has 1 heterocycles. The molecule has 3 N–H and O–H groups in total. The van der Waals surface area contributed by atoms with Gasteiger partial charge in [-0.1, -0.05) is 11.6 Å². The van der Waals surface area contributed by atoms with Gasteiger partial charge in [0.15, 0.2) is 11.6 Å². The summed E-state index contributed by atoms with van der Waals surface area (Å²) in [5.74, 6) is 0.823. The summed E-state index contributed by atoms with van der Waals surface area (Å²) in [4.78, 5) is 0. The van der Waals surface area contributed by atoms with Gasteiger partial charge < -0.3 is 15.8 Å². The Morgan fingerprint density at radius 1 is 1.61 bits per heavy atom. The molecule has 2 rings (SSSR count). The minimum Gasteiger partial charge on any atom is -0.488 e. The van der Waals surface area contributed by atoms with Gasteiger partial charge >= 0.3 is 0 Å². The maximum atomic E-state index is 13.5. The second kappa shape index (κ2) is 5.48. The molecule has 5 heteroatoms. The number of rotatable bonds is 4. The van der Waals surface area contributed by atoms with Crippen LogP contribution in [0.15, 0.2) is 30.1 Å². The third-order valence-corrected chi connectivity index (χ3v) is 3.08. The van der Waals surface area contributed by atoms with E-state index in [0.717, 1.165) is 13.0 Å². The molecular formula is C13H16ClFN2O. The van der Waals surface area contributed by atoms with Gasteiger partial charge in [0.1, 0.15) is 0 Å². The third kappa shape index (κ3) is 3.29. The molecule has 0 aliphatic carbocycles. The number of hydrogen-bond acceptors (Lipinski definition) is 3. The van der Waals surface area contributed by atoms with E-state index in [1.807, 2.05) is 13.0 Å². The van der Waals surface area contributed by atoms with Crippen molar-refractivity contribution < 1.29 is 9.13 Å². The Labute approximate surface area is 111 Å². The first-order valence-electron chi connectivity index (χ1n) is 5.87. The van der Waals surface area contributed by atoms with Crippen LogP contribution in [0.4, 0.5) is 4.39 Å². The molecule has 0 spiro atoms. The predicted octanol–water partition coefficient (Wildman–Crippen LogP) is 2.66. The lowest BCUT2D eigenvalue weighted by Crippen LogP contribution is -2.21. The Morgan fingerprint density at radius 3 is 3.00 bits per heavy atom. The summed E-state index contributed by atoms with van der Waals surface area (Å²) < 4.78 is 19.1. The van der Waals surface area contributed by atoms with Gasteiger partial charge in [-0.2, -0.15) is 0 Å². The van der Waals surface area contributed by atoms with Crippen molar-refractivity contribution in [3.05, 3.63) is 40.9 Å². The van der Waals surface area contributed by atoms with Gasteiger partial charge in [0.2, 0.25) is 0 Å². The molecule has 0 unspecified atom stereocenters. The highest BCUT2D eigenvalue weighted by atomic mass is 35.5. The Balaban J connectivity index is 1.92. The first-order valence-corrected chi connectivity index (χ1v) is 6.25. The van der Waals surface area contributed by atoms with E-state index >= 15 is 0 Å². The average Bonchev–Trinajstić information content (AvgIpc) is 2.68. The SMILES string of the molecule is C[C@H](C[C@H]1C=C(N)NC1)Oc1ccc(Cl)cc1F. The van der Waals surface area contributed by atoms with Gasteiger partial charge in [-0.15, -0.1) is 0 Å². The molecule has 2 atom stereocenters. The first kappa shape index (κ1) is 13.0. The Hall–Kier alpha value is -1.42. The first-order chi connectivity index (χ1) is 8.54. The number of nitrogens with two attached hydrogens (primary N) is 1. The second-order valence-corrected chi connectivity index (χ2v) is 4.94. The summed E-state index contributed by atoms with van der Waals surface area (Å²) in [5, 5.41) is 3.41. The van der Waals surface area contributed by atoms with Gasteiger partial charge in [-0.3, -0.25) is 0 Å². The third-order valence-electron chi connectivity index (χ3n) is 2.84. The zero-order valence-corrected chi connectivity index (χ0v) is 10.9. The molecule has 0 fully saturated rings. The highest BCUT2D eigenvalue weighted by Crippen LogP contribution is 2.24. The summed E-state index contributed by atoms with van der Waals surface area (Å²) >= 11 is 5.68. The zero-order valence-electron chi connectivity index (χ0n) is 10.1.